The van der Waals surface area contributed by atoms with Crippen molar-refractivity contribution in [2.24, 2.45) is 11.3 Å². The average molecular weight is 225 g/mol. The van der Waals surface area contributed by atoms with Gasteiger partial charge in [-0.2, -0.15) is 0 Å². The molecule has 1 heteroatoms. The minimum absolute atomic E-state index is 0.656. The first kappa shape index (κ1) is 14.0. The Labute approximate surface area is 102 Å². The summed E-state index contributed by atoms with van der Waals surface area (Å²) >= 11 is 0. The predicted octanol–water partition coefficient (Wildman–Crippen LogP) is 4.37. The van der Waals surface area contributed by atoms with Gasteiger partial charge in [0, 0.05) is 6.54 Å². The molecule has 0 aromatic heterocycles. The Hall–Kier alpha value is -0.0400. The Morgan fingerprint density at radius 2 is 1.81 bits per heavy atom. The highest BCUT2D eigenvalue weighted by Crippen LogP contribution is 2.40. The van der Waals surface area contributed by atoms with Gasteiger partial charge in [0.05, 0.1) is 0 Å². The maximum absolute atomic E-state index is 3.70. The molecule has 0 aromatic carbocycles. The summed E-state index contributed by atoms with van der Waals surface area (Å²) in [5.41, 5.74) is 0.656. The second kappa shape index (κ2) is 7.32. The largest absolute Gasteiger partial charge is 0.316 e. The second-order valence-electron chi connectivity index (χ2n) is 6.19. The van der Waals surface area contributed by atoms with E-state index >= 15 is 0 Å². The molecule has 0 radical (unpaired) electrons. The first-order valence-corrected chi connectivity index (χ1v) is 7.39. The molecule has 0 atom stereocenters. The van der Waals surface area contributed by atoms with Gasteiger partial charge >= 0.3 is 0 Å². The Morgan fingerprint density at radius 1 is 1.12 bits per heavy atom. The Bertz CT molecular complexity index is 168. The zero-order valence-electron chi connectivity index (χ0n) is 11.6. The highest BCUT2D eigenvalue weighted by molar-refractivity contribution is 4.84. The molecule has 0 aromatic rings. The van der Waals surface area contributed by atoms with Crippen molar-refractivity contribution in [2.45, 2.75) is 72.1 Å². The highest BCUT2D eigenvalue weighted by Gasteiger charge is 2.30. The monoisotopic (exact) mass is 225 g/mol. The van der Waals surface area contributed by atoms with Gasteiger partial charge in [0.25, 0.3) is 0 Å². The van der Waals surface area contributed by atoms with Crippen LogP contribution in [-0.2, 0) is 0 Å². The van der Waals surface area contributed by atoms with Gasteiger partial charge in [-0.15, -0.1) is 0 Å². The van der Waals surface area contributed by atoms with Crippen molar-refractivity contribution < 1.29 is 0 Å². The fraction of sp³-hybridized carbons (Fsp3) is 1.00. The first-order chi connectivity index (χ1) is 7.68. The number of hydrogen-bond acceptors (Lipinski definition) is 1. The molecule has 16 heavy (non-hydrogen) atoms. The van der Waals surface area contributed by atoms with Crippen LogP contribution in [0.25, 0.3) is 0 Å². The zero-order chi connectivity index (χ0) is 11.9. The maximum Gasteiger partial charge on any atom is 0.000792 e. The molecule has 0 spiro atoms. The number of unbranched alkanes of at least 4 members (excludes halogenated alkanes) is 1. The van der Waals surface area contributed by atoms with Crippen LogP contribution in [0.15, 0.2) is 0 Å². The molecule has 1 aliphatic rings. The van der Waals surface area contributed by atoms with Crippen LogP contribution in [0.2, 0.25) is 0 Å². The lowest BCUT2D eigenvalue weighted by molar-refractivity contribution is 0.161. The first-order valence-electron chi connectivity index (χ1n) is 7.39. The molecule has 1 rings (SSSR count). The van der Waals surface area contributed by atoms with E-state index in [2.05, 4.69) is 26.1 Å². The third-order valence-electron chi connectivity index (χ3n) is 4.03. The van der Waals surface area contributed by atoms with E-state index in [1.165, 1.54) is 64.5 Å². The van der Waals surface area contributed by atoms with Gasteiger partial charge in [0.2, 0.25) is 0 Å². The van der Waals surface area contributed by atoms with E-state index in [9.17, 15) is 0 Å². The van der Waals surface area contributed by atoms with Crippen LogP contribution in [0, 0.1) is 11.3 Å². The minimum atomic E-state index is 0.656. The van der Waals surface area contributed by atoms with Crippen molar-refractivity contribution in [3.05, 3.63) is 0 Å². The van der Waals surface area contributed by atoms with Gasteiger partial charge in [0.15, 0.2) is 0 Å². The fourth-order valence-corrected chi connectivity index (χ4v) is 2.99. The maximum atomic E-state index is 3.70. The van der Waals surface area contributed by atoms with Gasteiger partial charge in [-0.1, -0.05) is 52.9 Å². The quantitative estimate of drug-likeness (QED) is 0.678. The smallest absolute Gasteiger partial charge is 0.000792 e. The number of rotatable bonds is 7. The van der Waals surface area contributed by atoms with Gasteiger partial charge in [-0.05, 0) is 37.1 Å². The van der Waals surface area contributed by atoms with E-state index in [0.717, 1.165) is 5.92 Å². The van der Waals surface area contributed by atoms with Crippen LogP contribution in [0.1, 0.15) is 72.1 Å². The molecule has 0 unspecified atom stereocenters. The van der Waals surface area contributed by atoms with Crippen LogP contribution in [0.5, 0.6) is 0 Å². The SMILES string of the molecule is CCCCC1(CNCC(C)C)CCCCC1. The third kappa shape index (κ3) is 4.86. The van der Waals surface area contributed by atoms with Gasteiger partial charge in [-0.25, -0.2) is 0 Å². The fourth-order valence-electron chi connectivity index (χ4n) is 2.99. The molecule has 0 aliphatic heterocycles. The molecule has 1 fully saturated rings. The van der Waals surface area contributed by atoms with Gasteiger partial charge in [-0.3, -0.25) is 0 Å². The lowest BCUT2D eigenvalue weighted by Crippen LogP contribution is -2.37. The van der Waals surface area contributed by atoms with Crippen LogP contribution in [0.3, 0.4) is 0 Å². The molecule has 1 N–H and O–H groups in total. The van der Waals surface area contributed by atoms with E-state index < -0.39 is 0 Å². The minimum Gasteiger partial charge on any atom is -0.316 e. The van der Waals surface area contributed by atoms with Crippen LogP contribution >= 0.6 is 0 Å². The van der Waals surface area contributed by atoms with E-state index in [4.69, 9.17) is 0 Å². The molecule has 0 saturated heterocycles. The molecule has 0 amide bonds. The molecular weight excluding hydrogens is 194 g/mol. The van der Waals surface area contributed by atoms with Crippen molar-refractivity contribution in [1.82, 2.24) is 5.32 Å². The summed E-state index contributed by atoms with van der Waals surface area (Å²) in [6.45, 7) is 9.37. The summed E-state index contributed by atoms with van der Waals surface area (Å²) in [6.07, 6.45) is 11.6. The van der Waals surface area contributed by atoms with E-state index in [1.807, 2.05) is 0 Å². The van der Waals surface area contributed by atoms with Crippen molar-refractivity contribution in [1.29, 1.82) is 0 Å². The summed E-state index contributed by atoms with van der Waals surface area (Å²) in [5, 5.41) is 3.70. The average Bonchev–Trinajstić information content (AvgIpc) is 2.27. The molecule has 0 bridgehead atoms. The number of nitrogens with one attached hydrogen (secondary N) is 1. The molecule has 1 saturated carbocycles. The molecule has 1 nitrogen and oxygen atoms in total. The molecule has 1 aliphatic carbocycles. The molecule has 0 heterocycles. The van der Waals surface area contributed by atoms with Crippen molar-refractivity contribution in [3.63, 3.8) is 0 Å². The normalized spacial score (nSPS) is 20.2. The Morgan fingerprint density at radius 3 is 2.38 bits per heavy atom. The van der Waals surface area contributed by atoms with Gasteiger partial charge in [0.1, 0.15) is 0 Å². The third-order valence-corrected chi connectivity index (χ3v) is 4.03. The Kier molecular flexibility index (Phi) is 6.41. The van der Waals surface area contributed by atoms with Gasteiger partial charge < -0.3 is 5.32 Å². The zero-order valence-corrected chi connectivity index (χ0v) is 11.6. The predicted molar refractivity (Wildman–Crippen MR) is 72.8 cm³/mol. The second-order valence-corrected chi connectivity index (χ2v) is 6.19. The van der Waals surface area contributed by atoms with E-state index in [-0.39, 0.29) is 0 Å². The topological polar surface area (TPSA) is 12.0 Å². The van der Waals surface area contributed by atoms with Crippen molar-refractivity contribution >= 4 is 0 Å². The molecule has 96 valence electrons. The standard InChI is InChI=1S/C15H31N/c1-4-5-9-15(10-7-6-8-11-15)13-16-12-14(2)3/h14,16H,4-13H2,1-3H3. The molecular formula is C15H31N. The van der Waals surface area contributed by atoms with Crippen molar-refractivity contribution in [2.75, 3.05) is 13.1 Å². The Balaban J connectivity index is 2.36. The lowest BCUT2D eigenvalue weighted by Gasteiger charge is -2.38. The summed E-state index contributed by atoms with van der Waals surface area (Å²) in [4.78, 5) is 0. The van der Waals surface area contributed by atoms with E-state index in [1.54, 1.807) is 0 Å². The summed E-state index contributed by atoms with van der Waals surface area (Å²) in [5.74, 6) is 0.784. The summed E-state index contributed by atoms with van der Waals surface area (Å²) < 4.78 is 0. The van der Waals surface area contributed by atoms with Crippen molar-refractivity contribution in [3.8, 4) is 0 Å². The highest BCUT2D eigenvalue weighted by atomic mass is 14.9. The summed E-state index contributed by atoms with van der Waals surface area (Å²) in [7, 11) is 0. The number of hydrogen-bond donors (Lipinski definition) is 1. The lowest BCUT2D eigenvalue weighted by atomic mass is 9.71. The van der Waals surface area contributed by atoms with E-state index in [0.29, 0.717) is 5.41 Å². The van der Waals surface area contributed by atoms with Crippen LogP contribution < -0.4 is 5.32 Å². The summed E-state index contributed by atoms with van der Waals surface area (Å²) in [6, 6.07) is 0. The van der Waals surface area contributed by atoms with Crippen LogP contribution in [-0.4, -0.2) is 13.1 Å². The van der Waals surface area contributed by atoms with Crippen LogP contribution in [0.4, 0.5) is 0 Å².